The predicted molar refractivity (Wildman–Crippen MR) is 110 cm³/mol. The smallest absolute Gasteiger partial charge is 0.410 e. The second kappa shape index (κ2) is 10.4. The number of rotatable bonds is 7. The fourth-order valence-electron chi connectivity index (χ4n) is 2.90. The van der Waals surface area contributed by atoms with E-state index in [2.05, 4.69) is 5.32 Å². The third kappa shape index (κ3) is 7.65. The Morgan fingerprint density at radius 2 is 1.83 bits per heavy atom. The van der Waals surface area contributed by atoms with Crippen LogP contribution in [-0.2, 0) is 25.6 Å². The normalized spacial score (nSPS) is 17.4. The van der Waals surface area contributed by atoms with Crippen LogP contribution in [0.2, 0.25) is 0 Å². The van der Waals surface area contributed by atoms with Crippen LogP contribution in [0.25, 0.3) is 0 Å². The monoisotopic (exact) mass is 417 g/mol. The van der Waals surface area contributed by atoms with Gasteiger partial charge in [-0.2, -0.15) is 5.26 Å². The average molecular weight is 418 g/mol. The third-order valence-corrected chi connectivity index (χ3v) is 4.55. The number of benzene rings is 1. The zero-order chi connectivity index (χ0) is 22.2. The standard InChI is InChI=1S/C22H31N3O5/c1-21(2,3)14-18(30-20(27)25-10-12-28-13-11-25)19(26)24-22(4,16-23)29-15-17-8-6-5-7-9-17/h5-9,18H,10-15H2,1-4H3,(H,24,26). The maximum Gasteiger partial charge on any atom is 0.410 e. The highest BCUT2D eigenvalue weighted by molar-refractivity contribution is 5.84. The van der Waals surface area contributed by atoms with Gasteiger partial charge in [-0.25, -0.2) is 4.79 Å². The molecule has 8 heteroatoms. The third-order valence-electron chi connectivity index (χ3n) is 4.55. The van der Waals surface area contributed by atoms with Crippen LogP contribution in [0.15, 0.2) is 30.3 Å². The van der Waals surface area contributed by atoms with Gasteiger partial charge in [0.05, 0.1) is 19.8 Å². The number of carbonyl (C=O) groups is 2. The van der Waals surface area contributed by atoms with E-state index >= 15 is 0 Å². The van der Waals surface area contributed by atoms with Crippen LogP contribution in [0.4, 0.5) is 4.79 Å². The Hall–Kier alpha value is -2.63. The first-order chi connectivity index (χ1) is 14.1. The van der Waals surface area contributed by atoms with E-state index in [4.69, 9.17) is 14.2 Å². The van der Waals surface area contributed by atoms with Crippen molar-refractivity contribution in [3.63, 3.8) is 0 Å². The topological polar surface area (TPSA) is 101 Å². The molecule has 1 heterocycles. The van der Waals surface area contributed by atoms with Gasteiger partial charge in [0, 0.05) is 13.1 Å². The summed E-state index contributed by atoms with van der Waals surface area (Å²) >= 11 is 0. The minimum absolute atomic E-state index is 0.155. The molecule has 2 atom stereocenters. The highest BCUT2D eigenvalue weighted by Crippen LogP contribution is 2.24. The van der Waals surface area contributed by atoms with Crippen LogP contribution in [-0.4, -0.2) is 55.0 Å². The van der Waals surface area contributed by atoms with Crippen molar-refractivity contribution in [2.24, 2.45) is 5.41 Å². The first-order valence-electron chi connectivity index (χ1n) is 10.1. The molecular weight excluding hydrogens is 386 g/mol. The molecule has 0 saturated carbocycles. The second-order valence-electron chi connectivity index (χ2n) is 8.65. The Labute approximate surface area is 178 Å². The molecule has 164 valence electrons. The summed E-state index contributed by atoms with van der Waals surface area (Å²) in [5.74, 6) is -0.566. The molecule has 2 rings (SSSR count). The maximum atomic E-state index is 13.0. The molecule has 2 unspecified atom stereocenters. The number of morpholine rings is 1. The van der Waals surface area contributed by atoms with Gasteiger partial charge < -0.3 is 24.4 Å². The SMILES string of the molecule is CC(C)(C)CC(OC(=O)N1CCOCC1)C(=O)NC(C)(C#N)OCc1ccccc1. The van der Waals surface area contributed by atoms with Gasteiger partial charge in [-0.15, -0.1) is 0 Å². The Morgan fingerprint density at radius 1 is 1.20 bits per heavy atom. The van der Waals surface area contributed by atoms with Crippen LogP contribution >= 0.6 is 0 Å². The summed E-state index contributed by atoms with van der Waals surface area (Å²) in [5, 5.41) is 12.2. The summed E-state index contributed by atoms with van der Waals surface area (Å²) in [6.45, 7) is 9.18. The molecule has 0 radical (unpaired) electrons. The summed E-state index contributed by atoms with van der Waals surface area (Å²) in [6, 6.07) is 11.3. The molecule has 1 fully saturated rings. The number of hydrogen-bond donors (Lipinski definition) is 1. The number of nitriles is 1. The van der Waals surface area contributed by atoms with Crippen molar-refractivity contribution in [3.05, 3.63) is 35.9 Å². The largest absolute Gasteiger partial charge is 0.436 e. The number of hydrogen-bond acceptors (Lipinski definition) is 6. The van der Waals surface area contributed by atoms with Crippen LogP contribution in [0.5, 0.6) is 0 Å². The van der Waals surface area contributed by atoms with E-state index in [9.17, 15) is 14.9 Å². The Morgan fingerprint density at radius 3 is 2.40 bits per heavy atom. The quantitative estimate of drug-likeness (QED) is 0.685. The van der Waals surface area contributed by atoms with Crippen molar-refractivity contribution in [1.29, 1.82) is 5.26 Å². The molecule has 1 aliphatic heterocycles. The summed E-state index contributed by atoms with van der Waals surface area (Å²) in [6.07, 6.45) is -1.31. The lowest BCUT2D eigenvalue weighted by Crippen LogP contribution is -2.53. The zero-order valence-corrected chi connectivity index (χ0v) is 18.1. The van der Waals surface area contributed by atoms with E-state index in [1.807, 2.05) is 57.2 Å². The molecule has 0 spiro atoms. The molecule has 1 saturated heterocycles. The summed E-state index contributed by atoms with van der Waals surface area (Å²) in [4.78, 5) is 27.0. The molecule has 30 heavy (non-hydrogen) atoms. The second-order valence-corrected chi connectivity index (χ2v) is 8.65. The van der Waals surface area contributed by atoms with Crippen LogP contribution < -0.4 is 5.32 Å². The Bertz CT molecular complexity index is 750. The van der Waals surface area contributed by atoms with Crippen LogP contribution in [0.3, 0.4) is 0 Å². The lowest BCUT2D eigenvalue weighted by atomic mass is 9.89. The summed E-state index contributed by atoms with van der Waals surface area (Å²) in [5.41, 5.74) is -0.964. The molecule has 1 aromatic carbocycles. The molecule has 8 nitrogen and oxygen atoms in total. The van der Waals surface area contributed by atoms with E-state index in [-0.39, 0.29) is 12.0 Å². The van der Waals surface area contributed by atoms with Gasteiger partial charge in [-0.3, -0.25) is 4.79 Å². The Kier molecular flexibility index (Phi) is 8.21. The summed E-state index contributed by atoms with van der Waals surface area (Å²) in [7, 11) is 0. The van der Waals surface area contributed by atoms with Gasteiger partial charge in [-0.1, -0.05) is 51.1 Å². The average Bonchev–Trinajstić information content (AvgIpc) is 2.72. The van der Waals surface area contributed by atoms with Crippen molar-refractivity contribution in [1.82, 2.24) is 10.2 Å². The van der Waals surface area contributed by atoms with Crippen molar-refractivity contribution in [2.75, 3.05) is 26.3 Å². The van der Waals surface area contributed by atoms with Crippen LogP contribution in [0.1, 0.15) is 39.7 Å². The number of ether oxygens (including phenoxy) is 3. The highest BCUT2D eigenvalue weighted by atomic mass is 16.6. The molecule has 0 aromatic heterocycles. The lowest BCUT2D eigenvalue weighted by molar-refractivity contribution is -0.139. The number of nitrogens with zero attached hydrogens (tertiary/aromatic N) is 2. The molecule has 1 aliphatic rings. The molecule has 0 bridgehead atoms. The fourth-order valence-corrected chi connectivity index (χ4v) is 2.90. The van der Waals surface area contributed by atoms with E-state index in [0.717, 1.165) is 5.56 Å². The number of carbonyl (C=O) groups excluding carboxylic acids is 2. The van der Waals surface area contributed by atoms with Gasteiger partial charge in [0.1, 0.15) is 6.07 Å². The minimum atomic E-state index is -1.56. The molecule has 1 N–H and O–H groups in total. The minimum Gasteiger partial charge on any atom is -0.436 e. The van der Waals surface area contributed by atoms with E-state index < -0.39 is 23.8 Å². The maximum absolute atomic E-state index is 13.0. The van der Waals surface area contributed by atoms with Crippen molar-refractivity contribution < 1.29 is 23.8 Å². The zero-order valence-electron chi connectivity index (χ0n) is 18.1. The number of nitrogens with one attached hydrogen (secondary N) is 1. The molecule has 1 aromatic rings. The first-order valence-corrected chi connectivity index (χ1v) is 10.1. The number of amides is 2. The molecule has 2 amide bonds. The van der Waals surface area contributed by atoms with Gasteiger partial charge in [0.15, 0.2) is 6.10 Å². The molecular formula is C22H31N3O5. The lowest BCUT2D eigenvalue weighted by Gasteiger charge is -2.32. The predicted octanol–water partition coefficient (Wildman–Crippen LogP) is 2.83. The fraction of sp³-hybridized carbons (Fsp3) is 0.591. The highest BCUT2D eigenvalue weighted by Gasteiger charge is 2.35. The van der Waals surface area contributed by atoms with Gasteiger partial charge in [-0.05, 0) is 24.3 Å². The Balaban J connectivity index is 2.05. The van der Waals surface area contributed by atoms with Crippen LogP contribution in [0, 0.1) is 16.7 Å². The van der Waals surface area contributed by atoms with Gasteiger partial charge >= 0.3 is 6.09 Å². The summed E-state index contributed by atoms with van der Waals surface area (Å²) < 4.78 is 16.5. The first kappa shape index (κ1) is 23.6. The van der Waals surface area contributed by atoms with E-state index in [1.54, 1.807) is 0 Å². The van der Waals surface area contributed by atoms with E-state index in [1.165, 1.54) is 11.8 Å². The molecule has 0 aliphatic carbocycles. The van der Waals surface area contributed by atoms with Crippen molar-refractivity contribution in [3.8, 4) is 6.07 Å². The van der Waals surface area contributed by atoms with Crippen molar-refractivity contribution >= 4 is 12.0 Å². The van der Waals surface area contributed by atoms with Gasteiger partial charge in [0.25, 0.3) is 5.91 Å². The van der Waals surface area contributed by atoms with E-state index in [0.29, 0.717) is 32.7 Å². The van der Waals surface area contributed by atoms with Crippen molar-refractivity contribution in [2.45, 2.75) is 52.6 Å². The van der Waals surface area contributed by atoms with Gasteiger partial charge in [0.2, 0.25) is 5.72 Å².